The van der Waals surface area contributed by atoms with Gasteiger partial charge in [-0.3, -0.25) is 4.79 Å². The van der Waals surface area contributed by atoms with Crippen molar-refractivity contribution in [2.75, 3.05) is 11.4 Å². The third-order valence-corrected chi connectivity index (χ3v) is 4.94. The quantitative estimate of drug-likeness (QED) is 0.697. The summed E-state index contributed by atoms with van der Waals surface area (Å²) in [6.07, 6.45) is 2.51. The van der Waals surface area contributed by atoms with Crippen LogP contribution in [0.25, 0.3) is 5.65 Å². The Morgan fingerprint density at radius 2 is 2.00 bits per heavy atom. The molecule has 1 aromatic carbocycles. The molecule has 0 fully saturated rings. The Balaban J connectivity index is 1.85. The lowest BCUT2D eigenvalue weighted by molar-refractivity contribution is -0.118. The number of amides is 1. The molecular weight excluding hydrogens is 338 g/mol. The molecule has 27 heavy (non-hydrogen) atoms. The molecule has 3 aromatic rings. The molecule has 0 bridgehead atoms. The number of nitriles is 1. The number of nitrogens with zero attached hydrogens (tertiary/aromatic N) is 5. The molecule has 0 aliphatic carbocycles. The van der Waals surface area contributed by atoms with Crippen molar-refractivity contribution in [3.8, 4) is 6.07 Å². The third-order valence-electron chi connectivity index (χ3n) is 4.94. The molecule has 3 rings (SSSR count). The summed E-state index contributed by atoms with van der Waals surface area (Å²) in [5, 5.41) is 13.4. The fraction of sp³-hybridized carbons (Fsp3) is 0.333. The van der Waals surface area contributed by atoms with Crippen LogP contribution in [-0.2, 0) is 11.2 Å². The van der Waals surface area contributed by atoms with Crippen molar-refractivity contribution < 1.29 is 4.79 Å². The molecule has 0 spiro atoms. The van der Waals surface area contributed by atoms with Crippen molar-refractivity contribution in [2.24, 2.45) is 0 Å². The standard InChI is InChI=1S/C21H23N5O/c1-5-25(19-9-7-6-8-14(19)2)20(27)11-10-18-15(3)24-21-17(12-22)13-23-26(21)16(18)4/h6-9,13H,5,10-11H2,1-4H3. The lowest BCUT2D eigenvalue weighted by Crippen LogP contribution is -2.31. The normalized spacial score (nSPS) is 10.8. The summed E-state index contributed by atoms with van der Waals surface area (Å²) in [5.41, 5.74) is 5.83. The first-order valence-corrected chi connectivity index (χ1v) is 9.07. The largest absolute Gasteiger partial charge is 0.312 e. The summed E-state index contributed by atoms with van der Waals surface area (Å²) in [6, 6.07) is 10.0. The van der Waals surface area contributed by atoms with E-state index in [1.165, 1.54) is 6.20 Å². The van der Waals surface area contributed by atoms with Gasteiger partial charge in [-0.15, -0.1) is 0 Å². The third kappa shape index (κ3) is 3.41. The van der Waals surface area contributed by atoms with Gasteiger partial charge in [-0.05, 0) is 51.3 Å². The van der Waals surface area contributed by atoms with Crippen LogP contribution >= 0.6 is 0 Å². The SMILES string of the molecule is CCN(C(=O)CCc1c(C)nc2c(C#N)cnn2c1C)c1ccccc1C. The minimum Gasteiger partial charge on any atom is -0.312 e. The average Bonchev–Trinajstić information content (AvgIpc) is 3.06. The molecule has 0 saturated heterocycles. The first-order chi connectivity index (χ1) is 13.0. The maximum absolute atomic E-state index is 12.9. The monoisotopic (exact) mass is 361 g/mol. The predicted octanol–water partition coefficient (Wildman–Crippen LogP) is 3.51. The van der Waals surface area contributed by atoms with E-state index in [9.17, 15) is 10.1 Å². The van der Waals surface area contributed by atoms with Gasteiger partial charge in [-0.2, -0.15) is 10.4 Å². The van der Waals surface area contributed by atoms with E-state index < -0.39 is 0 Å². The zero-order valence-corrected chi connectivity index (χ0v) is 16.2. The number of hydrogen-bond acceptors (Lipinski definition) is 4. The van der Waals surface area contributed by atoms with Crippen molar-refractivity contribution in [1.29, 1.82) is 5.26 Å². The Bertz CT molecular complexity index is 1040. The highest BCUT2D eigenvalue weighted by atomic mass is 16.2. The van der Waals surface area contributed by atoms with E-state index in [0.29, 0.717) is 30.6 Å². The van der Waals surface area contributed by atoms with Crippen LogP contribution in [0.1, 0.15) is 41.4 Å². The number of fused-ring (bicyclic) bond motifs is 1. The van der Waals surface area contributed by atoms with E-state index in [1.807, 2.05) is 56.9 Å². The average molecular weight is 361 g/mol. The van der Waals surface area contributed by atoms with Crippen LogP contribution in [0.4, 0.5) is 5.69 Å². The van der Waals surface area contributed by atoms with Crippen LogP contribution in [0.2, 0.25) is 0 Å². The number of benzene rings is 1. The molecule has 0 aliphatic heterocycles. The molecule has 6 nitrogen and oxygen atoms in total. The second-order valence-electron chi connectivity index (χ2n) is 6.59. The van der Waals surface area contributed by atoms with E-state index in [1.54, 1.807) is 4.52 Å². The topological polar surface area (TPSA) is 74.3 Å². The molecule has 138 valence electrons. The van der Waals surface area contributed by atoms with Crippen molar-refractivity contribution in [2.45, 2.75) is 40.5 Å². The Morgan fingerprint density at radius 3 is 2.67 bits per heavy atom. The lowest BCUT2D eigenvalue weighted by atomic mass is 10.1. The van der Waals surface area contributed by atoms with Gasteiger partial charge >= 0.3 is 0 Å². The summed E-state index contributed by atoms with van der Waals surface area (Å²) in [5.74, 6) is 0.0869. The van der Waals surface area contributed by atoms with Crippen molar-refractivity contribution in [3.63, 3.8) is 0 Å². The molecule has 0 saturated carbocycles. The lowest BCUT2D eigenvalue weighted by Gasteiger charge is -2.23. The van der Waals surface area contributed by atoms with Gasteiger partial charge < -0.3 is 4.90 Å². The number of carbonyl (C=O) groups excluding carboxylic acids is 1. The molecule has 0 radical (unpaired) electrons. The van der Waals surface area contributed by atoms with Gasteiger partial charge in [0.2, 0.25) is 5.91 Å². The predicted molar refractivity (Wildman–Crippen MR) is 105 cm³/mol. The molecule has 0 aliphatic rings. The maximum Gasteiger partial charge on any atom is 0.227 e. The van der Waals surface area contributed by atoms with E-state index in [2.05, 4.69) is 16.2 Å². The molecule has 2 aromatic heterocycles. The molecule has 2 heterocycles. The highest BCUT2D eigenvalue weighted by Crippen LogP contribution is 2.22. The number of hydrogen-bond donors (Lipinski definition) is 0. The zero-order chi connectivity index (χ0) is 19.6. The maximum atomic E-state index is 12.9. The van der Waals surface area contributed by atoms with E-state index in [4.69, 9.17) is 0 Å². The van der Waals surface area contributed by atoms with Crippen molar-refractivity contribution in [3.05, 3.63) is 58.5 Å². The van der Waals surface area contributed by atoms with Gasteiger partial charge in [0, 0.05) is 30.0 Å². The number of rotatable bonds is 5. The summed E-state index contributed by atoms with van der Waals surface area (Å²) in [6.45, 7) is 8.50. The Hall–Kier alpha value is -3.20. The van der Waals surface area contributed by atoms with Crippen LogP contribution in [0, 0.1) is 32.1 Å². The first-order valence-electron chi connectivity index (χ1n) is 9.07. The summed E-state index contributed by atoms with van der Waals surface area (Å²) >= 11 is 0. The Morgan fingerprint density at radius 1 is 1.26 bits per heavy atom. The molecular formula is C21H23N5O. The fourth-order valence-corrected chi connectivity index (χ4v) is 3.47. The van der Waals surface area contributed by atoms with E-state index >= 15 is 0 Å². The highest BCUT2D eigenvalue weighted by Gasteiger charge is 2.18. The highest BCUT2D eigenvalue weighted by molar-refractivity contribution is 5.94. The van der Waals surface area contributed by atoms with E-state index in [-0.39, 0.29) is 5.91 Å². The van der Waals surface area contributed by atoms with Gasteiger partial charge in [0.1, 0.15) is 11.6 Å². The summed E-state index contributed by atoms with van der Waals surface area (Å²) in [4.78, 5) is 19.2. The van der Waals surface area contributed by atoms with Crippen molar-refractivity contribution >= 4 is 17.2 Å². The second kappa shape index (κ2) is 7.58. The molecule has 0 unspecified atom stereocenters. The minimum absolute atomic E-state index is 0.0869. The zero-order valence-electron chi connectivity index (χ0n) is 16.2. The van der Waals surface area contributed by atoms with Gasteiger partial charge in [0.15, 0.2) is 5.65 Å². The minimum atomic E-state index is 0.0869. The fourth-order valence-electron chi connectivity index (χ4n) is 3.47. The van der Waals surface area contributed by atoms with Gasteiger partial charge in [-0.25, -0.2) is 9.50 Å². The molecule has 0 atom stereocenters. The smallest absolute Gasteiger partial charge is 0.227 e. The first kappa shape index (κ1) is 18.6. The van der Waals surface area contributed by atoms with E-state index in [0.717, 1.165) is 28.2 Å². The number of aromatic nitrogens is 3. The Labute approximate surface area is 159 Å². The van der Waals surface area contributed by atoms with Gasteiger partial charge in [0.25, 0.3) is 0 Å². The van der Waals surface area contributed by atoms with Crippen LogP contribution in [-0.4, -0.2) is 27.0 Å². The number of para-hydroxylation sites is 1. The van der Waals surface area contributed by atoms with Crippen LogP contribution < -0.4 is 4.90 Å². The Kier molecular flexibility index (Phi) is 5.22. The number of aryl methyl sites for hydroxylation is 3. The van der Waals surface area contributed by atoms with Gasteiger partial charge in [0.05, 0.1) is 6.20 Å². The van der Waals surface area contributed by atoms with Crippen LogP contribution in [0.15, 0.2) is 30.5 Å². The second-order valence-corrected chi connectivity index (χ2v) is 6.59. The molecule has 0 N–H and O–H groups in total. The van der Waals surface area contributed by atoms with Crippen LogP contribution in [0.3, 0.4) is 0 Å². The summed E-state index contributed by atoms with van der Waals surface area (Å²) < 4.78 is 1.68. The van der Waals surface area contributed by atoms with Gasteiger partial charge in [-0.1, -0.05) is 18.2 Å². The molecule has 1 amide bonds. The molecule has 6 heteroatoms. The number of carbonyl (C=O) groups is 1. The number of anilines is 1. The summed E-state index contributed by atoms with van der Waals surface area (Å²) in [7, 11) is 0. The van der Waals surface area contributed by atoms with Crippen molar-refractivity contribution in [1.82, 2.24) is 14.6 Å². The van der Waals surface area contributed by atoms with Crippen LogP contribution in [0.5, 0.6) is 0 Å².